The first-order valence-electron chi connectivity index (χ1n) is 44.7. The van der Waals surface area contributed by atoms with Gasteiger partial charge in [-0.2, -0.15) is 0 Å². The number of hydrogen-bond donors (Lipinski definition) is 3. The molecule has 0 aromatic heterocycles. The quantitative estimate of drug-likeness (QED) is 0.0222. The summed E-state index contributed by atoms with van der Waals surface area (Å²) in [6.07, 6.45) is 72.1. The van der Waals surface area contributed by atoms with Crippen molar-refractivity contribution in [3.8, 4) is 0 Å². The molecule has 0 spiro atoms. The Labute approximate surface area is 645 Å². The van der Waals surface area contributed by atoms with Crippen molar-refractivity contribution in [1.29, 1.82) is 0 Å². The number of unbranched alkanes of at least 4 members (excludes halogenated alkanes) is 57. The van der Waals surface area contributed by atoms with Crippen LogP contribution in [0.25, 0.3) is 0 Å². The van der Waals surface area contributed by atoms with Gasteiger partial charge >= 0.3 is 39.5 Å². The largest absolute Gasteiger partial charge is 0.472 e. The Bertz CT molecular complexity index is 2000. The molecule has 105 heavy (non-hydrogen) atoms. The predicted molar refractivity (Wildman–Crippen MR) is 432 cm³/mol. The van der Waals surface area contributed by atoms with Crippen LogP contribution in [-0.4, -0.2) is 96.7 Å². The number of aliphatic hydroxyl groups is 1. The van der Waals surface area contributed by atoms with Gasteiger partial charge in [-0.3, -0.25) is 37.3 Å². The fraction of sp³-hybridized carbons (Fsp3) is 0.953. The van der Waals surface area contributed by atoms with Crippen LogP contribution in [0.3, 0.4) is 0 Å². The molecule has 3 unspecified atom stereocenters. The Morgan fingerprint density at radius 3 is 0.676 bits per heavy atom. The van der Waals surface area contributed by atoms with Gasteiger partial charge in [-0.1, -0.05) is 413 Å². The molecule has 0 aliphatic rings. The highest BCUT2D eigenvalue weighted by molar-refractivity contribution is 7.47. The van der Waals surface area contributed by atoms with Crippen LogP contribution in [0.15, 0.2) is 0 Å². The van der Waals surface area contributed by atoms with Gasteiger partial charge in [0.15, 0.2) is 12.2 Å². The van der Waals surface area contributed by atoms with Crippen molar-refractivity contribution in [2.45, 2.75) is 483 Å². The zero-order chi connectivity index (χ0) is 76.9. The molecule has 3 N–H and O–H groups in total. The molecule has 0 rings (SSSR count). The van der Waals surface area contributed by atoms with Gasteiger partial charge < -0.3 is 33.8 Å². The van der Waals surface area contributed by atoms with Crippen molar-refractivity contribution in [2.75, 3.05) is 39.6 Å². The molecule has 0 fully saturated rings. The van der Waals surface area contributed by atoms with Crippen LogP contribution in [0, 0.1) is 5.92 Å². The van der Waals surface area contributed by atoms with Crippen molar-refractivity contribution in [3.63, 3.8) is 0 Å². The van der Waals surface area contributed by atoms with E-state index in [4.69, 9.17) is 37.0 Å². The fourth-order valence-corrected chi connectivity index (χ4v) is 15.0. The van der Waals surface area contributed by atoms with Gasteiger partial charge in [0, 0.05) is 25.7 Å². The normalized spacial score (nSPS) is 14.0. The molecule has 17 nitrogen and oxygen atoms in total. The number of carbonyl (C=O) groups excluding carboxylic acids is 4. The summed E-state index contributed by atoms with van der Waals surface area (Å²) in [6, 6.07) is 0. The maximum atomic E-state index is 13.1. The van der Waals surface area contributed by atoms with Gasteiger partial charge in [0.2, 0.25) is 0 Å². The van der Waals surface area contributed by atoms with E-state index in [1.165, 1.54) is 289 Å². The third-order valence-corrected chi connectivity index (χ3v) is 22.5. The van der Waals surface area contributed by atoms with Crippen molar-refractivity contribution in [2.24, 2.45) is 5.92 Å². The Balaban J connectivity index is 5.22. The Morgan fingerprint density at radius 1 is 0.267 bits per heavy atom. The number of hydrogen-bond acceptors (Lipinski definition) is 15. The number of ether oxygens (including phenoxy) is 4. The summed E-state index contributed by atoms with van der Waals surface area (Å²) in [5, 5.41) is 10.7. The molecule has 624 valence electrons. The first-order valence-corrected chi connectivity index (χ1v) is 47.7. The zero-order valence-electron chi connectivity index (χ0n) is 68.9. The molecule has 19 heteroatoms. The van der Waals surface area contributed by atoms with Crippen molar-refractivity contribution in [3.05, 3.63) is 0 Å². The molecule has 0 amide bonds. The second kappa shape index (κ2) is 78.7. The van der Waals surface area contributed by atoms with E-state index in [-0.39, 0.29) is 25.7 Å². The molecule has 0 heterocycles. The monoisotopic (exact) mass is 1540 g/mol. The van der Waals surface area contributed by atoms with E-state index in [1.54, 1.807) is 0 Å². The molecule has 0 saturated carbocycles. The Hall–Kier alpha value is -1.94. The van der Waals surface area contributed by atoms with E-state index in [2.05, 4.69) is 34.6 Å². The van der Waals surface area contributed by atoms with Crippen molar-refractivity contribution in [1.82, 2.24) is 0 Å². The maximum absolute atomic E-state index is 13.1. The van der Waals surface area contributed by atoms with E-state index in [0.29, 0.717) is 25.7 Å². The number of carbonyl (C=O) groups is 4. The van der Waals surface area contributed by atoms with Crippen LogP contribution in [0.5, 0.6) is 0 Å². The molecule has 0 bridgehead atoms. The van der Waals surface area contributed by atoms with Crippen LogP contribution in [0.4, 0.5) is 0 Å². The van der Waals surface area contributed by atoms with Crippen LogP contribution in [0.2, 0.25) is 0 Å². The third-order valence-electron chi connectivity index (χ3n) is 20.6. The third kappa shape index (κ3) is 78.5. The molecule has 0 aromatic rings. The van der Waals surface area contributed by atoms with E-state index < -0.39 is 97.5 Å². The van der Waals surface area contributed by atoms with Crippen LogP contribution in [-0.2, 0) is 65.4 Å². The highest BCUT2D eigenvalue weighted by Crippen LogP contribution is 2.45. The van der Waals surface area contributed by atoms with Gasteiger partial charge in [-0.25, -0.2) is 9.13 Å². The van der Waals surface area contributed by atoms with E-state index in [1.807, 2.05) is 0 Å². The second-order valence-electron chi connectivity index (χ2n) is 31.2. The Morgan fingerprint density at radius 2 is 0.457 bits per heavy atom. The van der Waals surface area contributed by atoms with E-state index in [0.717, 1.165) is 95.8 Å². The average Bonchev–Trinajstić information content (AvgIpc) is 0.930. The molecule has 0 saturated heterocycles. The molecular formula is C86H168O17P2. The standard InChI is InChI=1S/C86H168O17P2/c1-6-10-13-16-19-22-25-27-29-31-32-33-34-35-37-43-47-52-57-62-67-72-86(91)103-82(76-97-84(89)70-65-60-55-50-45-41-39-38-40-44-48-53-58-63-68-79(5)9-4)78-101-105(94,95)99-74-80(87)73-98-104(92,93)100-77-81(75-96-83(88)69-64-59-54-49-24-21-18-15-12-8-3)102-85(90)71-66-61-56-51-46-42-36-30-28-26-23-20-17-14-11-7-2/h79-82,87H,6-78H2,1-5H3,(H,92,93)(H,94,95)/t79?,80-,81+,82+/m0/s1. The molecular weight excluding hydrogens is 1370 g/mol. The van der Waals surface area contributed by atoms with Gasteiger partial charge in [-0.05, 0) is 31.6 Å². The lowest BCUT2D eigenvalue weighted by Crippen LogP contribution is -2.30. The summed E-state index contributed by atoms with van der Waals surface area (Å²) in [6.45, 7) is 7.41. The SMILES string of the molecule is CCCCCCCCCCCCCCCCCCCCCCCC(=O)O[C@H](COC(=O)CCCCCCCCCCCCCCCCC(C)CC)COP(=O)(O)OC[C@@H](O)COP(=O)(O)OC[C@@H](COC(=O)CCCCCCCCCCCC)OC(=O)CCCCCCCCCCCCCCCCCC. The van der Waals surface area contributed by atoms with Crippen molar-refractivity contribution >= 4 is 39.5 Å². The summed E-state index contributed by atoms with van der Waals surface area (Å²) in [7, 11) is -9.93. The predicted octanol–water partition coefficient (Wildman–Crippen LogP) is 26.4. The lowest BCUT2D eigenvalue weighted by molar-refractivity contribution is -0.161. The van der Waals surface area contributed by atoms with Crippen LogP contribution >= 0.6 is 15.6 Å². The minimum absolute atomic E-state index is 0.109. The first-order chi connectivity index (χ1) is 51.1. The number of rotatable bonds is 86. The summed E-state index contributed by atoms with van der Waals surface area (Å²) < 4.78 is 68.9. The number of phosphoric acid groups is 2. The van der Waals surface area contributed by atoms with E-state index >= 15 is 0 Å². The zero-order valence-corrected chi connectivity index (χ0v) is 70.7. The van der Waals surface area contributed by atoms with Gasteiger partial charge in [0.1, 0.15) is 19.3 Å². The topological polar surface area (TPSA) is 237 Å². The molecule has 0 aliphatic carbocycles. The molecule has 0 aliphatic heterocycles. The summed E-state index contributed by atoms with van der Waals surface area (Å²) in [5.74, 6) is -1.25. The van der Waals surface area contributed by atoms with Crippen LogP contribution < -0.4 is 0 Å². The molecule has 6 atom stereocenters. The minimum atomic E-state index is -4.97. The van der Waals surface area contributed by atoms with Gasteiger partial charge in [0.25, 0.3) is 0 Å². The lowest BCUT2D eigenvalue weighted by Gasteiger charge is -2.21. The van der Waals surface area contributed by atoms with Crippen molar-refractivity contribution < 1.29 is 80.2 Å². The smallest absolute Gasteiger partial charge is 0.462 e. The van der Waals surface area contributed by atoms with Crippen LogP contribution in [0.1, 0.15) is 465 Å². The fourth-order valence-electron chi connectivity index (χ4n) is 13.4. The molecule has 0 aromatic carbocycles. The second-order valence-corrected chi connectivity index (χ2v) is 34.1. The lowest BCUT2D eigenvalue weighted by atomic mass is 9.99. The highest BCUT2D eigenvalue weighted by atomic mass is 31.2. The first kappa shape index (κ1) is 103. The number of phosphoric ester groups is 2. The highest BCUT2D eigenvalue weighted by Gasteiger charge is 2.30. The molecule has 0 radical (unpaired) electrons. The summed E-state index contributed by atoms with van der Waals surface area (Å²) >= 11 is 0. The number of aliphatic hydroxyl groups excluding tert-OH is 1. The minimum Gasteiger partial charge on any atom is -0.462 e. The maximum Gasteiger partial charge on any atom is 0.472 e. The summed E-state index contributed by atoms with van der Waals surface area (Å²) in [5.41, 5.74) is 0. The van der Waals surface area contributed by atoms with E-state index in [9.17, 15) is 43.2 Å². The average molecular weight is 1540 g/mol. The van der Waals surface area contributed by atoms with Gasteiger partial charge in [-0.15, -0.1) is 0 Å². The Kier molecular flexibility index (Phi) is 77.3. The number of esters is 4. The van der Waals surface area contributed by atoms with Gasteiger partial charge in [0.05, 0.1) is 26.4 Å². The summed E-state index contributed by atoms with van der Waals surface area (Å²) in [4.78, 5) is 73.2.